The SMILES string of the molecule is C=C(C)N(C)c1cc(-c2ccccc2C#N)ccc1C. The summed E-state index contributed by atoms with van der Waals surface area (Å²) in [5, 5.41) is 9.23. The summed E-state index contributed by atoms with van der Waals surface area (Å²) in [6.45, 7) is 8.04. The second-order valence-electron chi connectivity index (χ2n) is 4.95. The minimum atomic E-state index is 0.695. The van der Waals surface area contributed by atoms with E-state index in [0.29, 0.717) is 5.56 Å². The number of nitriles is 1. The number of aryl methyl sites for hydroxylation is 1. The Kier molecular flexibility index (Phi) is 3.91. The smallest absolute Gasteiger partial charge is 0.0998 e. The average Bonchev–Trinajstić information content (AvgIpc) is 2.47. The van der Waals surface area contributed by atoms with Crippen LogP contribution in [0.25, 0.3) is 11.1 Å². The van der Waals surface area contributed by atoms with E-state index in [4.69, 9.17) is 0 Å². The fourth-order valence-electron chi connectivity index (χ4n) is 2.18. The molecule has 0 bridgehead atoms. The summed E-state index contributed by atoms with van der Waals surface area (Å²) in [6, 6.07) is 16.2. The summed E-state index contributed by atoms with van der Waals surface area (Å²) < 4.78 is 0. The van der Waals surface area contributed by atoms with Gasteiger partial charge in [-0.05, 0) is 42.7 Å². The van der Waals surface area contributed by atoms with E-state index >= 15 is 0 Å². The Labute approximate surface area is 120 Å². The molecule has 0 aliphatic heterocycles. The lowest BCUT2D eigenvalue weighted by molar-refractivity contribution is 1.09. The first-order valence-corrected chi connectivity index (χ1v) is 6.54. The van der Waals surface area contributed by atoms with E-state index < -0.39 is 0 Å². The van der Waals surface area contributed by atoms with Gasteiger partial charge >= 0.3 is 0 Å². The molecular weight excluding hydrogens is 244 g/mol. The van der Waals surface area contributed by atoms with E-state index in [1.165, 1.54) is 5.56 Å². The highest BCUT2D eigenvalue weighted by Gasteiger charge is 2.09. The molecule has 100 valence electrons. The molecule has 2 nitrogen and oxygen atoms in total. The van der Waals surface area contributed by atoms with Crippen molar-refractivity contribution in [3.05, 3.63) is 65.9 Å². The molecule has 20 heavy (non-hydrogen) atoms. The molecule has 0 saturated heterocycles. The molecule has 0 N–H and O–H groups in total. The number of benzene rings is 2. The van der Waals surface area contributed by atoms with Crippen LogP contribution in [0.1, 0.15) is 18.1 Å². The van der Waals surface area contributed by atoms with Crippen molar-refractivity contribution in [1.29, 1.82) is 5.26 Å². The molecule has 0 fully saturated rings. The van der Waals surface area contributed by atoms with Gasteiger partial charge in [0.05, 0.1) is 11.6 Å². The number of rotatable bonds is 3. The molecule has 0 aliphatic rings. The first kappa shape index (κ1) is 13.9. The van der Waals surface area contributed by atoms with Crippen molar-refractivity contribution in [3.8, 4) is 17.2 Å². The molecule has 0 unspecified atom stereocenters. The van der Waals surface area contributed by atoms with Gasteiger partial charge in [0.1, 0.15) is 0 Å². The van der Waals surface area contributed by atoms with Crippen LogP contribution in [0.4, 0.5) is 5.69 Å². The minimum absolute atomic E-state index is 0.695. The monoisotopic (exact) mass is 262 g/mol. The highest BCUT2D eigenvalue weighted by molar-refractivity contribution is 5.75. The highest BCUT2D eigenvalue weighted by Crippen LogP contribution is 2.30. The lowest BCUT2D eigenvalue weighted by Gasteiger charge is -2.22. The van der Waals surface area contributed by atoms with Gasteiger partial charge in [-0.25, -0.2) is 0 Å². The zero-order valence-electron chi connectivity index (χ0n) is 12.1. The van der Waals surface area contributed by atoms with E-state index in [1.807, 2.05) is 38.2 Å². The van der Waals surface area contributed by atoms with Gasteiger partial charge in [-0.1, -0.05) is 36.9 Å². The zero-order valence-corrected chi connectivity index (χ0v) is 12.1. The molecule has 0 heterocycles. The Morgan fingerprint density at radius 3 is 2.55 bits per heavy atom. The van der Waals surface area contributed by atoms with Gasteiger partial charge in [0.15, 0.2) is 0 Å². The second-order valence-corrected chi connectivity index (χ2v) is 4.95. The van der Waals surface area contributed by atoms with E-state index in [9.17, 15) is 5.26 Å². The summed E-state index contributed by atoms with van der Waals surface area (Å²) in [5.41, 5.74) is 6.00. The third-order valence-electron chi connectivity index (χ3n) is 3.50. The Bertz CT molecular complexity index is 693. The van der Waals surface area contributed by atoms with Gasteiger partial charge in [-0.3, -0.25) is 0 Å². The summed E-state index contributed by atoms with van der Waals surface area (Å²) in [6.07, 6.45) is 0. The highest BCUT2D eigenvalue weighted by atomic mass is 15.1. The van der Waals surface area contributed by atoms with Gasteiger partial charge in [0.25, 0.3) is 0 Å². The fraction of sp³-hybridized carbons (Fsp3) is 0.167. The molecule has 0 atom stereocenters. The Balaban J connectivity index is 2.58. The first-order chi connectivity index (χ1) is 9.54. The van der Waals surface area contributed by atoms with Crippen molar-refractivity contribution in [2.75, 3.05) is 11.9 Å². The van der Waals surface area contributed by atoms with Crippen LogP contribution in [0.5, 0.6) is 0 Å². The molecule has 0 amide bonds. The largest absolute Gasteiger partial charge is 0.349 e. The van der Waals surface area contributed by atoms with E-state index in [-0.39, 0.29) is 0 Å². The first-order valence-electron chi connectivity index (χ1n) is 6.54. The topological polar surface area (TPSA) is 27.0 Å². The van der Waals surface area contributed by atoms with Crippen LogP contribution in [-0.2, 0) is 0 Å². The maximum Gasteiger partial charge on any atom is 0.0998 e. The molecule has 0 saturated carbocycles. The number of hydrogen-bond donors (Lipinski definition) is 0. The standard InChI is InChI=1S/C18H18N2/c1-13(2)20(4)18-11-15(10-9-14(18)3)17-8-6-5-7-16(17)12-19/h5-11H,1H2,2-4H3. The molecule has 0 aliphatic carbocycles. The molecule has 0 aromatic heterocycles. The lowest BCUT2D eigenvalue weighted by atomic mass is 9.98. The predicted octanol–water partition coefficient (Wildman–Crippen LogP) is 4.50. The molecule has 2 heteroatoms. The van der Waals surface area contributed by atoms with E-state index in [0.717, 1.165) is 22.5 Å². The van der Waals surface area contributed by atoms with E-state index in [1.54, 1.807) is 0 Å². The van der Waals surface area contributed by atoms with Crippen LogP contribution in [0.2, 0.25) is 0 Å². The maximum atomic E-state index is 9.23. The third-order valence-corrected chi connectivity index (χ3v) is 3.50. The summed E-state index contributed by atoms with van der Waals surface area (Å²) >= 11 is 0. The normalized spacial score (nSPS) is 9.90. The van der Waals surface area contributed by atoms with Crippen LogP contribution in [0.15, 0.2) is 54.7 Å². The average molecular weight is 262 g/mol. The lowest BCUT2D eigenvalue weighted by Crippen LogP contribution is -2.14. The van der Waals surface area contributed by atoms with Gasteiger partial charge in [0, 0.05) is 18.4 Å². The van der Waals surface area contributed by atoms with Gasteiger partial charge < -0.3 is 4.90 Å². The molecule has 0 radical (unpaired) electrons. The van der Waals surface area contributed by atoms with Gasteiger partial charge in [-0.2, -0.15) is 5.26 Å². The van der Waals surface area contributed by atoms with Gasteiger partial charge in [-0.15, -0.1) is 0 Å². The van der Waals surface area contributed by atoms with Crippen molar-refractivity contribution in [2.24, 2.45) is 0 Å². The van der Waals surface area contributed by atoms with Crippen molar-refractivity contribution >= 4 is 5.69 Å². The summed E-state index contributed by atoms with van der Waals surface area (Å²) in [7, 11) is 2.00. The number of allylic oxidation sites excluding steroid dienone is 1. The minimum Gasteiger partial charge on any atom is -0.349 e. The molecule has 0 spiro atoms. The molecule has 2 aromatic carbocycles. The summed E-state index contributed by atoms with van der Waals surface area (Å²) in [4.78, 5) is 2.06. The van der Waals surface area contributed by atoms with Crippen LogP contribution in [0, 0.1) is 18.3 Å². The Morgan fingerprint density at radius 2 is 1.90 bits per heavy atom. The zero-order chi connectivity index (χ0) is 14.7. The summed E-state index contributed by atoms with van der Waals surface area (Å²) in [5.74, 6) is 0. The third kappa shape index (κ3) is 2.57. The molecule has 2 rings (SSSR count). The van der Waals surface area contributed by atoms with Crippen molar-refractivity contribution < 1.29 is 0 Å². The van der Waals surface area contributed by atoms with Crippen LogP contribution in [-0.4, -0.2) is 7.05 Å². The van der Waals surface area contributed by atoms with Crippen LogP contribution < -0.4 is 4.90 Å². The Morgan fingerprint density at radius 1 is 1.20 bits per heavy atom. The number of nitrogens with zero attached hydrogens (tertiary/aromatic N) is 2. The maximum absolute atomic E-state index is 9.23. The van der Waals surface area contributed by atoms with Crippen LogP contribution in [0.3, 0.4) is 0 Å². The van der Waals surface area contributed by atoms with Gasteiger partial charge in [0.2, 0.25) is 0 Å². The number of anilines is 1. The molecular formula is C18H18N2. The van der Waals surface area contributed by atoms with Crippen molar-refractivity contribution in [1.82, 2.24) is 0 Å². The molecule has 2 aromatic rings. The van der Waals surface area contributed by atoms with Crippen molar-refractivity contribution in [2.45, 2.75) is 13.8 Å². The number of hydrogen-bond acceptors (Lipinski definition) is 2. The van der Waals surface area contributed by atoms with Crippen molar-refractivity contribution in [3.63, 3.8) is 0 Å². The van der Waals surface area contributed by atoms with E-state index in [2.05, 4.69) is 42.7 Å². The fourth-order valence-corrected chi connectivity index (χ4v) is 2.18. The predicted molar refractivity (Wildman–Crippen MR) is 84.5 cm³/mol. The quantitative estimate of drug-likeness (QED) is 0.814. The Hall–Kier alpha value is -2.53. The van der Waals surface area contributed by atoms with Crippen LogP contribution >= 0.6 is 0 Å². The second kappa shape index (κ2) is 5.63.